The number of hydrogen-bond acceptors (Lipinski definition) is 3. The summed E-state index contributed by atoms with van der Waals surface area (Å²) >= 11 is 0. The Morgan fingerprint density at radius 2 is 1.54 bits per heavy atom. The molecule has 1 heterocycles. The molecule has 0 atom stereocenters. The first-order chi connectivity index (χ1) is 11.8. The Kier molecular flexibility index (Phi) is 8.06. The van der Waals surface area contributed by atoms with E-state index in [4.69, 9.17) is 5.73 Å². The van der Waals surface area contributed by atoms with Crippen LogP contribution in [-0.2, 0) is 12.8 Å². The van der Waals surface area contributed by atoms with Crippen LogP contribution in [0.3, 0.4) is 0 Å². The van der Waals surface area contributed by atoms with E-state index in [-0.39, 0.29) is 0 Å². The monoisotopic (exact) mass is 330 g/mol. The standard InChI is InChI=1S/C20H34N4/c1-3-5-6-7-8-9-10-11-12-13-14-16-15-18-20(23-24-22-18)17(4-2)19(16)21/h15H,3-14,21H2,1-2H3,(H,22,23,24). The van der Waals surface area contributed by atoms with E-state index >= 15 is 0 Å². The third-order valence-corrected chi connectivity index (χ3v) is 5.00. The zero-order valence-corrected chi connectivity index (χ0v) is 15.5. The van der Waals surface area contributed by atoms with Crippen molar-refractivity contribution in [2.24, 2.45) is 0 Å². The number of aryl methyl sites for hydroxylation is 2. The van der Waals surface area contributed by atoms with Crippen molar-refractivity contribution < 1.29 is 0 Å². The number of benzene rings is 1. The molecule has 4 heteroatoms. The van der Waals surface area contributed by atoms with Gasteiger partial charge in [0.2, 0.25) is 0 Å². The lowest BCUT2D eigenvalue weighted by molar-refractivity contribution is 0.556. The van der Waals surface area contributed by atoms with Crippen molar-refractivity contribution in [3.8, 4) is 0 Å². The SMILES string of the molecule is CCCCCCCCCCCCc1cc2[nH]nnc2c(CC)c1N. The Bertz CT molecular complexity index is 603. The van der Waals surface area contributed by atoms with Crippen molar-refractivity contribution in [2.75, 3.05) is 5.73 Å². The lowest BCUT2D eigenvalue weighted by Crippen LogP contribution is -2.01. The third kappa shape index (κ3) is 5.22. The zero-order chi connectivity index (χ0) is 17.2. The van der Waals surface area contributed by atoms with Crippen molar-refractivity contribution in [1.29, 1.82) is 0 Å². The molecule has 0 aliphatic heterocycles. The number of nitrogens with one attached hydrogen (secondary N) is 1. The second-order valence-corrected chi connectivity index (χ2v) is 6.92. The van der Waals surface area contributed by atoms with Gasteiger partial charge in [-0.05, 0) is 30.9 Å². The minimum atomic E-state index is 0.904. The van der Waals surface area contributed by atoms with Crippen molar-refractivity contribution in [3.05, 3.63) is 17.2 Å². The van der Waals surface area contributed by atoms with Gasteiger partial charge in [-0.3, -0.25) is 5.10 Å². The largest absolute Gasteiger partial charge is 0.398 e. The van der Waals surface area contributed by atoms with E-state index in [1.165, 1.54) is 69.8 Å². The summed E-state index contributed by atoms with van der Waals surface area (Å²) < 4.78 is 0. The van der Waals surface area contributed by atoms with Crippen LogP contribution in [0.2, 0.25) is 0 Å². The van der Waals surface area contributed by atoms with E-state index in [1.54, 1.807) is 0 Å². The van der Waals surface area contributed by atoms with E-state index in [9.17, 15) is 0 Å². The molecule has 134 valence electrons. The van der Waals surface area contributed by atoms with Gasteiger partial charge in [0.1, 0.15) is 5.52 Å². The highest BCUT2D eigenvalue weighted by Gasteiger charge is 2.12. The third-order valence-electron chi connectivity index (χ3n) is 5.00. The highest BCUT2D eigenvalue weighted by atomic mass is 15.3. The van der Waals surface area contributed by atoms with Gasteiger partial charge in [-0.2, -0.15) is 0 Å². The second-order valence-electron chi connectivity index (χ2n) is 6.92. The molecule has 0 saturated carbocycles. The van der Waals surface area contributed by atoms with Gasteiger partial charge in [0.15, 0.2) is 0 Å². The molecule has 4 nitrogen and oxygen atoms in total. The minimum absolute atomic E-state index is 0.904. The van der Waals surface area contributed by atoms with Crippen molar-refractivity contribution in [3.63, 3.8) is 0 Å². The lowest BCUT2D eigenvalue weighted by atomic mass is 9.98. The van der Waals surface area contributed by atoms with Crippen LogP contribution >= 0.6 is 0 Å². The molecule has 0 amide bonds. The fourth-order valence-corrected chi connectivity index (χ4v) is 3.50. The molecule has 2 aromatic rings. The smallest absolute Gasteiger partial charge is 0.118 e. The number of nitrogen functional groups attached to an aromatic ring is 1. The fourth-order valence-electron chi connectivity index (χ4n) is 3.50. The van der Waals surface area contributed by atoms with Crippen molar-refractivity contribution >= 4 is 16.7 Å². The number of unbranched alkanes of at least 4 members (excludes halogenated alkanes) is 9. The van der Waals surface area contributed by atoms with Crippen LogP contribution in [0.15, 0.2) is 6.07 Å². The number of aromatic amines is 1. The first-order valence-corrected chi connectivity index (χ1v) is 9.88. The maximum atomic E-state index is 6.36. The second kappa shape index (κ2) is 10.3. The number of fused-ring (bicyclic) bond motifs is 1. The molecule has 0 saturated heterocycles. The maximum Gasteiger partial charge on any atom is 0.118 e. The van der Waals surface area contributed by atoms with Gasteiger partial charge in [0, 0.05) is 11.3 Å². The molecule has 0 fully saturated rings. The lowest BCUT2D eigenvalue weighted by Gasteiger charge is -2.10. The van der Waals surface area contributed by atoms with Crippen LogP contribution in [0.1, 0.15) is 89.2 Å². The average molecular weight is 331 g/mol. The quantitative estimate of drug-likeness (QED) is 0.395. The summed E-state index contributed by atoms with van der Waals surface area (Å²) in [6.45, 7) is 4.40. The summed E-state index contributed by atoms with van der Waals surface area (Å²) in [4.78, 5) is 0. The predicted molar refractivity (Wildman–Crippen MR) is 103 cm³/mol. The molecule has 0 unspecified atom stereocenters. The summed E-state index contributed by atoms with van der Waals surface area (Å²) in [5.74, 6) is 0. The number of aromatic nitrogens is 3. The number of rotatable bonds is 12. The van der Waals surface area contributed by atoms with Gasteiger partial charge in [0.25, 0.3) is 0 Å². The number of nitrogens with zero attached hydrogens (tertiary/aromatic N) is 2. The average Bonchev–Trinajstić information content (AvgIpc) is 3.05. The van der Waals surface area contributed by atoms with E-state index in [1.807, 2.05) is 0 Å². The summed E-state index contributed by atoms with van der Waals surface area (Å²) in [6.07, 6.45) is 15.6. The van der Waals surface area contributed by atoms with Crippen LogP contribution in [0.25, 0.3) is 11.0 Å². The van der Waals surface area contributed by atoms with Crippen LogP contribution in [0, 0.1) is 0 Å². The van der Waals surface area contributed by atoms with Crippen LogP contribution in [0.4, 0.5) is 5.69 Å². The molecule has 0 aliphatic carbocycles. The van der Waals surface area contributed by atoms with E-state index < -0.39 is 0 Å². The first-order valence-electron chi connectivity index (χ1n) is 9.88. The maximum absolute atomic E-state index is 6.36. The van der Waals surface area contributed by atoms with Gasteiger partial charge in [-0.15, -0.1) is 5.10 Å². The zero-order valence-electron chi connectivity index (χ0n) is 15.5. The van der Waals surface area contributed by atoms with Crippen LogP contribution < -0.4 is 5.73 Å². The molecular formula is C20H34N4. The Morgan fingerprint density at radius 3 is 2.17 bits per heavy atom. The Balaban J connectivity index is 1.69. The van der Waals surface area contributed by atoms with Gasteiger partial charge in [0.05, 0.1) is 5.52 Å². The number of H-pyrrole nitrogens is 1. The van der Waals surface area contributed by atoms with E-state index in [2.05, 4.69) is 35.3 Å². The molecule has 1 aromatic carbocycles. The number of nitrogens with two attached hydrogens (primary N) is 1. The highest BCUT2D eigenvalue weighted by molar-refractivity contribution is 5.84. The summed E-state index contributed by atoms with van der Waals surface area (Å²) in [6, 6.07) is 2.14. The molecule has 0 bridgehead atoms. The predicted octanol–water partition coefficient (Wildman–Crippen LogP) is 5.57. The van der Waals surface area contributed by atoms with Crippen LogP contribution in [-0.4, -0.2) is 15.4 Å². The Morgan fingerprint density at radius 1 is 0.917 bits per heavy atom. The summed E-state index contributed by atoms with van der Waals surface area (Å²) in [5.41, 5.74) is 11.6. The number of hydrogen-bond donors (Lipinski definition) is 2. The Hall–Kier alpha value is -1.58. The van der Waals surface area contributed by atoms with E-state index in [0.29, 0.717) is 0 Å². The number of anilines is 1. The topological polar surface area (TPSA) is 67.6 Å². The summed E-state index contributed by atoms with van der Waals surface area (Å²) in [7, 11) is 0. The van der Waals surface area contributed by atoms with Gasteiger partial charge in [-0.1, -0.05) is 76.8 Å². The molecule has 1 aromatic heterocycles. The molecule has 0 spiro atoms. The van der Waals surface area contributed by atoms with Crippen molar-refractivity contribution in [2.45, 2.75) is 90.9 Å². The molecule has 2 rings (SSSR count). The summed E-state index contributed by atoms with van der Waals surface area (Å²) in [5, 5.41) is 11.1. The van der Waals surface area contributed by atoms with Crippen molar-refractivity contribution in [1.82, 2.24) is 15.4 Å². The Labute approximate surface area is 146 Å². The molecule has 24 heavy (non-hydrogen) atoms. The molecular weight excluding hydrogens is 296 g/mol. The van der Waals surface area contributed by atoms with Crippen LogP contribution in [0.5, 0.6) is 0 Å². The molecule has 0 radical (unpaired) electrons. The van der Waals surface area contributed by atoms with Gasteiger partial charge >= 0.3 is 0 Å². The molecule has 0 aliphatic rings. The molecule has 3 N–H and O–H groups in total. The fraction of sp³-hybridized carbons (Fsp3) is 0.700. The highest BCUT2D eigenvalue weighted by Crippen LogP contribution is 2.27. The first kappa shape index (κ1) is 18.8. The van der Waals surface area contributed by atoms with Gasteiger partial charge < -0.3 is 5.73 Å². The van der Waals surface area contributed by atoms with E-state index in [0.717, 1.165) is 35.1 Å². The minimum Gasteiger partial charge on any atom is -0.398 e. The normalized spacial score (nSPS) is 11.4. The van der Waals surface area contributed by atoms with Gasteiger partial charge in [-0.25, -0.2) is 0 Å².